The molecule has 0 bridgehead atoms. The summed E-state index contributed by atoms with van der Waals surface area (Å²) in [7, 11) is 0. The summed E-state index contributed by atoms with van der Waals surface area (Å²) >= 11 is 0. The maximum Gasteiger partial charge on any atom is 1.00 e. The number of carboxylic acids is 2. The second kappa shape index (κ2) is 14.2. The zero-order valence-electron chi connectivity index (χ0n) is 30.3. The molecule has 5 rings (SSSR count). The molecule has 1 saturated heterocycles. The van der Waals surface area contributed by atoms with E-state index in [1.165, 1.54) is 0 Å². The van der Waals surface area contributed by atoms with Gasteiger partial charge in [-0.15, -0.1) is 0 Å². The van der Waals surface area contributed by atoms with E-state index in [-0.39, 0.29) is 108 Å². The average Bonchev–Trinajstić information content (AvgIpc) is 3.30. The molecule has 0 radical (unpaired) electrons. The molecule has 0 aromatic rings. The van der Waals surface area contributed by atoms with E-state index in [0.717, 1.165) is 12.8 Å². The maximum atomic E-state index is 11.8. The molecule has 4 aliphatic carbocycles. The van der Waals surface area contributed by atoms with Gasteiger partial charge in [-0.05, 0) is 110 Å². The second-order valence-electron chi connectivity index (χ2n) is 13.4. The SMILES string of the molecule is [2H]C1([2H])C[C@]2(C)C3C[C@H](O)[C@]4(C)[C@@H]([C@H](C)CCC(=O)[O-])CC[C@H]4C3CC[C@@H]2C([2H])([2H])[C@]1([2H])O[C@@H]1O[C@H](C(=O)[O-])[C@@H](O)[C@H](O)[C@H]1O.[Na+].[Na+]. The number of rotatable bonds is 7. The number of hydrogen-bond acceptors (Lipinski definition) is 10. The van der Waals surface area contributed by atoms with Crippen LogP contribution in [0.25, 0.3) is 0 Å². The van der Waals surface area contributed by atoms with Crippen molar-refractivity contribution >= 4 is 11.9 Å². The summed E-state index contributed by atoms with van der Waals surface area (Å²) in [5, 5.41) is 65.2. The van der Waals surface area contributed by atoms with E-state index < -0.39 is 84.3 Å². The third-order valence-corrected chi connectivity index (χ3v) is 11.5. The molecule has 0 aromatic carbocycles. The van der Waals surface area contributed by atoms with E-state index in [0.29, 0.717) is 19.3 Å². The zero-order chi connectivity index (χ0) is 33.7. The molecular formula is C30H46Na2O10. The minimum absolute atomic E-state index is 0. The van der Waals surface area contributed by atoms with Crippen molar-refractivity contribution < 1.29 is 116 Å². The van der Waals surface area contributed by atoms with Crippen LogP contribution in [0.4, 0.5) is 0 Å². The van der Waals surface area contributed by atoms with Gasteiger partial charge >= 0.3 is 59.1 Å². The fourth-order valence-corrected chi connectivity index (χ4v) is 9.23. The van der Waals surface area contributed by atoms with Crippen molar-refractivity contribution in [3.05, 3.63) is 0 Å². The average molecular weight is 618 g/mol. The van der Waals surface area contributed by atoms with Gasteiger partial charge in [0, 0.05) is 11.5 Å². The van der Waals surface area contributed by atoms with Gasteiger partial charge in [0.2, 0.25) is 0 Å². The Hall–Kier alpha value is 0.700. The number of carbonyl (C=O) groups excluding carboxylic acids is 2. The van der Waals surface area contributed by atoms with E-state index in [2.05, 4.69) is 6.92 Å². The van der Waals surface area contributed by atoms with Gasteiger partial charge in [0.25, 0.3) is 0 Å². The van der Waals surface area contributed by atoms with Crippen LogP contribution in [0.15, 0.2) is 0 Å². The van der Waals surface area contributed by atoms with Crippen LogP contribution in [-0.4, -0.2) is 75.3 Å². The molecule has 42 heavy (non-hydrogen) atoms. The minimum atomic E-state index is -3.02. The van der Waals surface area contributed by atoms with Crippen LogP contribution in [0.5, 0.6) is 0 Å². The summed E-state index contributed by atoms with van der Waals surface area (Å²) in [5.41, 5.74) is -1.50. The molecule has 1 aliphatic heterocycles. The van der Waals surface area contributed by atoms with Crippen LogP contribution in [-0.2, 0) is 19.1 Å². The van der Waals surface area contributed by atoms with Crippen molar-refractivity contribution in [2.24, 2.45) is 46.3 Å². The monoisotopic (exact) mass is 617 g/mol. The van der Waals surface area contributed by atoms with Crippen molar-refractivity contribution in [3.63, 3.8) is 0 Å². The third kappa shape index (κ3) is 6.45. The molecule has 0 aromatic heterocycles. The second-order valence-corrected chi connectivity index (χ2v) is 13.4. The van der Waals surface area contributed by atoms with Gasteiger partial charge in [-0.1, -0.05) is 20.8 Å². The number of aliphatic carboxylic acids is 2. The fraction of sp³-hybridized carbons (Fsp3) is 0.933. The molecule has 12 heteroatoms. The zero-order valence-corrected chi connectivity index (χ0v) is 29.3. The number of aliphatic hydroxyl groups is 4. The summed E-state index contributed by atoms with van der Waals surface area (Å²) in [5.74, 6) is -4.01. The largest absolute Gasteiger partial charge is 1.00 e. The number of ether oxygens (including phenoxy) is 2. The Bertz CT molecular complexity index is 1190. The standard InChI is InChI=1S/C30H48O10.2Na/c1-14(4-9-22(32)33)18-7-8-19-17-6-5-15-12-16(10-11-29(15,2)20(17)13-21(31)30(18,19)3)39-28-25(36)23(34)24(35)26(40-28)27(37)38;;/h14-21,23-26,28,31,34-36H,4-13H2,1-3H3,(H,32,33)(H,37,38);;/q;2*+1/p-2/t14-,15-,16-,17?,18-,19+,20?,21+,23+,24+,25-,26+,28-,29+,30-;;/m1../s1/i10D2,12D2,16D;;. The van der Waals surface area contributed by atoms with Crippen LogP contribution < -0.4 is 69.3 Å². The topological polar surface area (TPSA) is 180 Å². The molecule has 2 unspecified atom stereocenters. The van der Waals surface area contributed by atoms with Gasteiger partial charge < -0.3 is 49.7 Å². The molecule has 15 atom stereocenters. The fourth-order valence-electron chi connectivity index (χ4n) is 9.23. The van der Waals surface area contributed by atoms with Crippen LogP contribution in [0.3, 0.4) is 0 Å². The Morgan fingerprint density at radius 1 is 1.05 bits per heavy atom. The molecule has 5 aliphatic rings. The predicted octanol–water partition coefficient (Wildman–Crippen LogP) is -6.27. The van der Waals surface area contributed by atoms with Crippen LogP contribution in [0.2, 0.25) is 0 Å². The number of carbonyl (C=O) groups is 2. The van der Waals surface area contributed by atoms with Crippen LogP contribution in [0.1, 0.15) is 91.7 Å². The first kappa shape index (κ1) is 30.1. The van der Waals surface area contributed by atoms with Gasteiger partial charge in [-0.2, -0.15) is 0 Å². The van der Waals surface area contributed by atoms with Gasteiger partial charge in [0.15, 0.2) is 6.29 Å². The number of aliphatic hydroxyl groups excluding tert-OH is 4. The maximum absolute atomic E-state index is 11.8. The van der Waals surface area contributed by atoms with Gasteiger partial charge in [0.1, 0.15) is 24.4 Å². The Balaban J connectivity index is 0.00000300. The quantitative estimate of drug-likeness (QED) is 0.159. The number of fused-ring (bicyclic) bond motifs is 5. The van der Waals surface area contributed by atoms with Crippen molar-refractivity contribution in [3.8, 4) is 0 Å². The number of hydrogen-bond donors (Lipinski definition) is 4. The van der Waals surface area contributed by atoms with Gasteiger partial charge in [-0.25, -0.2) is 0 Å². The van der Waals surface area contributed by atoms with Crippen molar-refractivity contribution in [1.29, 1.82) is 0 Å². The normalized spacial score (nSPS) is 54.7. The van der Waals surface area contributed by atoms with Crippen molar-refractivity contribution in [1.82, 2.24) is 0 Å². The van der Waals surface area contributed by atoms with Crippen molar-refractivity contribution in [2.75, 3.05) is 0 Å². The molecule has 4 N–H and O–H groups in total. The summed E-state index contributed by atoms with van der Waals surface area (Å²) in [6.07, 6.45) is -17.0. The van der Waals surface area contributed by atoms with Crippen molar-refractivity contribution in [2.45, 2.75) is 128 Å². The van der Waals surface area contributed by atoms with E-state index >= 15 is 0 Å². The van der Waals surface area contributed by atoms with E-state index in [1.54, 1.807) is 0 Å². The van der Waals surface area contributed by atoms with Crippen LogP contribution in [0, 0.1) is 46.3 Å². The van der Waals surface area contributed by atoms with Crippen LogP contribution >= 0.6 is 0 Å². The van der Waals surface area contributed by atoms with Gasteiger partial charge in [0.05, 0.1) is 19.5 Å². The Morgan fingerprint density at radius 3 is 2.38 bits per heavy atom. The first-order chi connectivity index (χ1) is 20.6. The summed E-state index contributed by atoms with van der Waals surface area (Å²) in [6, 6.07) is 0. The first-order valence-corrected chi connectivity index (χ1v) is 14.6. The number of carboxylic acid groups (broad SMARTS) is 2. The molecule has 5 fully saturated rings. The Labute approximate surface area is 299 Å². The molecule has 1 heterocycles. The molecule has 228 valence electrons. The third-order valence-electron chi connectivity index (χ3n) is 11.5. The first-order valence-electron chi connectivity index (χ1n) is 17.1. The molecule has 10 nitrogen and oxygen atoms in total. The molecule has 4 saturated carbocycles. The van der Waals surface area contributed by atoms with Gasteiger partial charge in [-0.3, -0.25) is 0 Å². The minimum Gasteiger partial charge on any atom is -0.550 e. The Kier molecular flexibility index (Phi) is 10.2. The summed E-state index contributed by atoms with van der Waals surface area (Å²) in [4.78, 5) is 22.7. The molecule has 0 amide bonds. The Morgan fingerprint density at radius 2 is 1.74 bits per heavy atom. The summed E-state index contributed by atoms with van der Waals surface area (Å²) < 4.78 is 56.3. The summed E-state index contributed by atoms with van der Waals surface area (Å²) in [6.45, 7) is 5.90. The predicted molar refractivity (Wildman–Crippen MR) is 137 cm³/mol. The van der Waals surface area contributed by atoms with E-state index in [9.17, 15) is 43.0 Å². The molecular weight excluding hydrogens is 566 g/mol. The smallest absolute Gasteiger partial charge is 0.550 e. The van der Waals surface area contributed by atoms with E-state index in [1.807, 2.05) is 13.8 Å². The van der Waals surface area contributed by atoms with E-state index in [4.69, 9.17) is 13.6 Å². The molecule has 0 spiro atoms.